The Labute approximate surface area is 82.8 Å². The summed E-state index contributed by atoms with van der Waals surface area (Å²) in [7, 11) is 0. The molecule has 0 atom stereocenters. The molecule has 0 spiro atoms. The van der Waals surface area contributed by atoms with Crippen molar-refractivity contribution in [3.8, 4) is 0 Å². The topological polar surface area (TPSA) is 0 Å². The highest BCUT2D eigenvalue weighted by molar-refractivity contribution is 5.86. The highest BCUT2D eigenvalue weighted by Crippen LogP contribution is 1.88. The molecule has 0 N–H and O–H groups in total. The molecular formula is C5H16Cl4. The fraction of sp³-hybridized carbons (Fsp3) is 1.00. The third kappa shape index (κ3) is 47.0. The first kappa shape index (κ1) is 32.0. The van der Waals surface area contributed by atoms with Crippen molar-refractivity contribution < 1.29 is 0 Å². The number of hydrogen-bond acceptors (Lipinski definition) is 0. The van der Waals surface area contributed by atoms with Crippen molar-refractivity contribution in [1.82, 2.24) is 0 Å². The molecule has 0 aromatic rings. The van der Waals surface area contributed by atoms with E-state index in [0.29, 0.717) is 0 Å². The van der Waals surface area contributed by atoms with Gasteiger partial charge in [-0.05, 0) is 0 Å². The van der Waals surface area contributed by atoms with Crippen LogP contribution in [0, 0.1) is 0 Å². The number of rotatable bonds is 2. The van der Waals surface area contributed by atoms with Gasteiger partial charge in [0, 0.05) is 0 Å². The average Bonchev–Trinajstić information content (AvgIpc) is 1.41. The minimum absolute atomic E-state index is 0. The fourth-order valence-corrected chi connectivity index (χ4v) is 0.354. The predicted octanol–water partition coefficient (Wildman–Crippen LogP) is 3.88. The Morgan fingerprint density at radius 1 is 0.667 bits per heavy atom. The van der Waals surface area contributed by atoms with Crippen LogP contribution in [0.15, 0.2) is 0 Å². The van der Waals surface area contributed by atoms with Crippen LogP contribution in [0.25, 0.3) is 0 Å². The zero-order valence-corrected chi connectivity index (χ0v) is 9.02. The van der Waals surface area contributed by atoms with Crippen LogP contribution in [0.4, 0.5) is 0 Å². The molecule has 0 heterocycles. The van der Waals surface area contributed by atoms with E-state index < -0.39 is 0 Å². The summed E-state index contributed by atoms with van der Waals surface area (Å²) in [5, 5.41) is 0. The van der Waals surface area contributed by atoms with Crippen LogP contribution in [0.2, 0.25) is 0 Å². The van der Waals surface area contributed by atoms with Crippen molar-refractivity contribution in [1.29, 1.82) is 0 Å². The Balaban J connectivity index is -0.0000000133. The Bertz CT molecular complexity index is 16.4. The monoisotopic (exact) mass is 216 g/mol. The molecule has 0 aromatic heterocycles. The minimum atomic E-state index is 0. The predicted molar refractivity (Wildman–Crippen MR) is 54.2 cm³/mol. The van der Waals surface area contributed by atoms with Crippen LogP contribution < -0.4 is 0 Å². The van der Waals surface area contributed by atoms with Gasteiger partial charge in [-0.25, -0.2) is 0 Å². The molecule has 0 aliphatic carbocycles. The lowest BCUT2D eigenvalue weighted by molar-refractivity contribution is 0.772. The lowest BCUT2D eigenvalue weighted by Gasteiger charge is -1.79. The van der Waals surface area contributed by atoms with Crippen LogP contribution in [0.3, 0.4) is 0 Å². The second kappa shape index (κ2) is 35.2. The number of halogens is 4. The van der Waals surface area contributed by atoms with E-state index in [1.165, 1.54) is 19.3 Å². The first-order chi connectivity index (χ1) is 2.41. The van der Waals surface area contributed by atoms with Gasteiger partial charge in [0.1, 0.15) is 0 Å². The van der Waals surface area contributed by atoms with Gasteiger partial charge in [0.05, 0.1) is 0 Å². The molecule has 4 heteroatoms. The molecule has 64 valence electrons. The Morgan fingerprint density at radius 2 is 0.889 bits per heavy atom. The van der Waals surface area contributed by atoms with Gasteiger partial charge in [-0.3, -0.25) is 0 Å². The maximum atomic E-state index is 2.21. The highest BCUT2D eigenvalue weighted by Gasteiger charge is 1.68. The summed E-state index contributed by atoms with van der Waals surface area (Å²) in [6.45, 7) is 4.42. The Kier molecular flexibility index (Phi) is 125. The fourth-order valence-electron chi connectivity index (χ4n) is 0.354. The zero-order valence-electron chi connectivity index (χ0n) is 5.75. The van der Waals surface area contributed by atoms with Gasteiger partial charge in [0.25, 0.3) is 0 Å². The van der Waals surface area contributed by atoms with Gasteiger partial charge in [0.2, 0.25) is 0 Å². The molecule has 0 saturated carbocycles. The molecule has 0 bridgehead atoms. The lowest BCUT2D eigenvalue weighted by Crippen LogP contribution is -1.59. The van der Waals surface area contributed by atoms with Crippen LogP contribution >= 0.6 is 49.6 Å². The quantitative estimate of drug-likeness (QED) is 0.659. The third-order valence-electron chi connectivity index (χ3n) is 0.707. The zero-order chi connectivity index (χ0) is 4.12. The lowest BCUT2D eigenvalue weighted by atomic mass is 10.3. The molecule has 0 nitrogen and oxygen atoms in total. The molecule has 0 radical (unpaired) electrons. The van der Waals surface area contributed by atoms with E-state index >= 15 is 0 Å². The number of hydrogen-bond donors (Lipinski definition) is 0. The normalized spacial score (nSPS) is 4.67. The van der Waals surface area contributed by atoms with Gasteiger partial charge >= 0.3 is 0 Å². The summed E-state index contributed by atoms with van der Waals surface area (Å²) in [6, 6.07) is 0. The molecule has 0 aliphatic rings. The maximum Gasteiger partial charge on any atom is -0.0538 e. The van der Waals surface area contributed by atoms with E-state index in [-0.39, 0.29) is 49.6 Å². The molecule has 0 aromatic carbocycles. The number of unbranched alkanes of at least 4 members (excludes halogenated alkanes) is 2. The van der Waals surface area contributed by atoms with E-state index in [1.807, 2.05) is 0 Å². The van der Waals surface area contributed by atoms with E-state index in [9.17, 15) is 0 Å². The Morgan fingerprint density at radius 3 is 0.889 bits per heavy atom. The first-order valence-corrected chi connectivity index (χ1v) is 2.41. The largest absolute Gasteiger partial charge is 0.147 e. The second-order valence-electron chi connectivity index (χ2n) is 1.35. The Hall–Kier alpha value is 1.16. The first-order valence-electron chi connectivity index (χ1n) is 2.41. The van der Waals surface area contributed by atoms with E-state index in [0.717, 1.165) is 0 Å². The molecular weight excluding hydrogens is 202 g/mol. The van der Waals surface area contributed by atoms with Crippen molar-refractivity contribution in [2.75, 3.05) is 0 Å². The van der Waals surface area contributed by atoms with Crippen LogP contribution in [-0.2, 0) is 0 Å². The van der Waals surface area contributed by atoms with Crippen molar-refractivity contribution in [3.05, 3.63) is 0 Å². The van der Waals surface area contributed by atoms with Gasteiger partial charge < -0.3 is 0 Å². The van der Waals surface area contributed by atoms with Crippen LogP contribution in [0.5, 0.6) is 0 Å². The van der Waals surface area contributed by atoms with Crippen molar-refractivity contribution in [3.63, 3.8) is 0 Å². The van der Waals surface area contributed by atoms with Gasteiger partial charge in [0.15, 0.2) is 0 Å². The molecule has 0 amide bonds. The van der Waals surface area contributed by atoms with Crippen LogP contribution in [-0.4, -0.2) is 0 Å². The average molecular weight is 218 g/mol. The minimum Gasteiger partial charge on any atom is -0.147 e. The molecule has 0 saturated heterocycles. The molecule has 0 fully saturated rings. The van der Waals surface area contributed by atoms with E-state index in [1.54, 1.807) is 0 Å². The molecule has 0 rings (SSSR count). The summed E-state index contributed by atoms with van der Waals surface area (Å²) in [6.07, 6.45) is 4.08. The molecule has 9 heavy (non-hydrogen) atoms. The smallest absolute Gasteiger partial charge is 0.0538 e. The van der Waals surface area contributed by atoms with E-state index in [4.69, 9.17) is 0 Å². The van der Waals surface area contributed by atoms with E-state index in [2.05, 4.69) is 13.8 Å². The summed E-state index contributed by atoms with van der Waals surface area (Å²) < 4.78 is 0. The molecule has 0 unspecified atom stereocenters. The van der Waals surface area contributed by atoms with Gasteiger partial charge in [-0.2, -0.15) is 0 Å². The van der Waals surface area contributed by atoms with Gasteiger partial charge in [-0.1, -0.05) is 33.1 Å². The SMILES string of the molecule is CCCCC.Cl.Cl.Cl.Cl. The van der Waals surface area contributed by atoms with Crippen molar-refractivity contribution >= 4 is 49.6 Å². The summed E-state index contributed by atoms with van der Waals surface area (Å²) in [5.41, 5.74) is 0. The second-order valence-corrected chi connectivity index (χ2v) is 1.35. The van der Waals surface area contributed by atoms with Crippen molar-refractivity contribution in [2.24, 2.45) is 0 Å². The van der Waals surface area contributed by atoms with Crippen molar-refractivity contribution in [2.45, 2.75) is 33.1 Å². The highest BCUT2D eigenvalue weighted by atomic mass is 35.5. The summed E-state index contributed by atoms with van der Waals surface area (Å²) in [5.74, 6) is 0. The standard InChI is InChI=1S/C5H12.4ClH/c1-3-5-4-2;;;;/h3-5H2,1-2H3;4*1H. The maximum absolute atomic E-state index is 2.21. The van der Waals surface area contributed by atoms with Gasteiger partial charge in [-0.15, -0.1) is 49.6 Å². The summed E-state index contributed by atoms with van der Waals surface area (Å²) in [4.78, 5) is 0. The third-order valence-corrected chi connectivity index (χ3v) is 0.707. The van der Waals surface area contributed by atoms with Crippen LogP contribution in [0.1, 0.15) is 33.1 Å². The summed E-state index contributed by atoms with van der Waals surface area (Å²) >= 11 is 0. The molecule has 0 aliphatic heterocycles.